The van der Waals surface area contributed by atoms with Crippen molar-refractivity contribution in [2.45, 2.75) is 39.2 Å². The molecule has 20 heavy (non-hydrogen) atoms. The van der Waals surface area contributed by atoms with Crippen LogP contribution < -0.4 is 14.8 Å². The maximum atomic E-state index is 5.86. The molecule has 0 saturated carbocycles. The van der Waals surface area contributed by atoms with E-state index in [4.69, 9.17) is 9.47 Å². The summed E-state index contributed by atoms with van der Waals surface area (Å²) < 4.78 is 12.4. The van der Waals surface area contributed by atoms with E-state index in [-0.39, 0.29) is 6.10 Å². The molecule has 1 aliphatic rings. The lowest BCUT2D eigenvalue weighted by molar-refractivity contribution is 0.229. The van der Waals surface area contributed by atoms with E-state index >= 15 is 0 Å². The second-order valence-electron chi connectivity index (χ2n) is 5.68. The largest absolute Gasteiger partial charge is 0.493 e. The smallest absolute Gasteiger partial charge is 0.161 e. The summed E-state index contributed by atoms with van der Waals surface area (Å²) >= 11 is 3.66. The maximum Gasteiger partial charge on any atom is 0.161 e. The molecule has 112 valence electrons. The fourth-order valence-corrected chi connectivity index (χ4v) is 3.13. The molecule has 2 rings (SSSR count). The van der Waals surface area contributed by atoms with Gasteiger partial charge in [-0.05, 0) is 69.8 Å². The van der Waals surface area contributed by atoms with Crippen LogP contribution in [-0.2, 0) is 6.42 Å². The number of nitrogens with one attached hydrogen (secondary N) is 1. The van der Waals surface area contributed by atoms with E-state index < -0.39 is 0 Å². The van der Waals surface area contributed by atoms with Crippen LogP contribution >= 0.6 is 15.9 Å². The van der Waals surface area contributed by atoms with Gasteiger partial charge in [-0.2, -0.15) is 0 Å². The minimum Gasteiger partial charge on any atom is -0.493 e. The molecule has 0 spiro atoms. The first-order valence-electron chi connectivity index (χ1n) is 7.34. The van der Waals surface area contributed by atoms with E-state index in [1.807, 2.05) is 19.9 Å². The van der Waals surface area contributed by atoms with Gasteiger partial charge in [0.15, 0.2) is 11.5 Å². The summed E-state index contributed by atoms with van der Waals surface area (Å²) in [6.07, 6.45) is 3.79. The van der Waals surface area contributed by atoms with Crippen molar-refractivity contribution in [3.8, 4) is 11.5 Å². The Hall–Kier alpha value is -0.740. The van der Waals surface area contributed by atoms with Crippen molar-refractivity contribution >= 4 is 15.9 Å². The lowest BCUT2D eigenvalue weighted by Gasteiger charge is -2.24. The molecule has 1 atom stereocenters. The van der Waals surface area contributed by atoms with Gasteiger partial charge in [-0.15, -0.1) is 0 Å². The fourth-order valence-electron chi connectivity index (χ4n) is 2.65. The zero-order valence-electron chi connectivity index (χ0n) is 12.5. The Morgan fingerprint density at radius 3 is 2.75 bits per heavy atom. The zero-order chi connectivity index (χ0) is 14.5. The van der Waals surface area contributed by atoms with E-state index in [0.29, 0.717) is 5.92 Å². The number of piperidine rings is 1. The standard InChI is InChI=1S/C16H24BrNO2/c1-11(2)20-16-8-13(14(17)9-15(16)19-3)7-12-5-4-6-18-10-12/h8-9,11-12,18H,4-7,10H2,1-3H3. The van der Waals surface area contributed by atoms with E-state index in [1.165, 1.54) is 18.4 Å². The van der Waals surface area contributed by atoms with Crippen LogP contribution in [0.2, 0.25) is 0 Å². The van der Waals surface area contributed by atoms with Crippen LogP contribution in [0.1, 0.15) is 32.3 Å². The average molecular weight is 342 g/mol. The van der Waals surface area contributed by atoms with E-state index in [0.717, 1.165) is 35.5 Å². The third kappa shape index (κ3) is 4.13. The lowest BCUT2D eigenvalue weighted by atomic mass is 9.92. The average Bonchev–Trinajstić information content (AvgIpc) is 2.42. The Balaban J connectivity index is 2.18. The Labute approximate surface area is 130 Å². The molecule has 1 saturated heterocycles. The third-order valence-electron chi connectivity index (χ3n) is 3.60. The van der Waals surface area contributed by atoms with Crippen molar-refractivity contribution in [3.05, 3.63) is 22.2 Å². The summed E-state index contributed by atoms with van der Waals surface area (Å²) in [6.45, 7) is 6.33. The summed E-state index contributed by atoms with van der Waals surface area (Å²) in [4.78, 5) is 0. The molecular formula is C16H24BrNO2. The molecule has 4 heteroatoms. The first-order valence-corrected chi connectivity index (χ1v) is 8.13. The first kappa shape index (κ1) is 15.6. The van der Waals surface area contributed by atoms with Crippen molar-refractivity contribution in [3.63, 3.8) is 0 Å². The summed E-state index contributed by atoms with van der Waals surface area (Å²) in [5, 5.41) is 3.47. The number of methoxy groups -OCH3 is 1. The van der Waals surface area contributed by atoms with Gasteiger partial charge in [-0.1, -0.05) is 15.9 Å². The second-order valence-corrected chi connectivity index (χ2v) is 6.53. The van der Waals surface area contributed by atoms with Crippen molar-refractivity contribution < 1.29 is 9.47 Å². The predicted molar refractivity (Wildman–Crippen MR) is 85.8 cm³/mol. The Bertz CT molecular complexity index is 442. The number of benzene rings is 1. The SMILES string of the molecule is COc1cc(Br)c(CC2CCCNC2)cc1OC(C)C. The number of rotatable bonds is 5. The molecule has 1 aliphatic heterocycles. The Morgan fingerprint density at radius 1 is 1.35 bits per heavy atom. The first-order chi connectivity index (χ1) is 9.60. The van der Waals surface area contributed by atoms with Gasteiger partial charge >= 0.3 is 0 Å². The number of ether oxygens (including phenoxy) is 2. The quantitative estimate of drug-likeness (QED) is 0.883. The minimum absolute atomic E-state index is 0.147. The topological polar surface area (TPSA) is 30.5 Å². The minimum atomic E-state index is 0.147. The molecule has 0 aromatic heterocycles. The van der Waals surface area contributed by atoms with Crippen LogP contribution in [0.5, 0.6) is 11.5 Å². The number of hydrogen-bond donors (Lipinski definition) is 1. The molecule has 1 fully saturated rings. The van der Waals surface area contributed by atoms with Crippen LogP contribution in [-0.4, -0.2) is 26.3 Å². The molecule has 1 N–H and O–H groups in total. The fraction of sp³-hybridized carbons (Fsp3) is 0.625. The van der Waals surface area contributed by atoms with Crippen LogP contribution in [0.25, 0.3) is 0 Å². The molecule has 0 aliphatic carbocycles. The van der Waals surface area contributed by atoms with Gasteiger partial charge < -0.3 is 14.8 Å². The Morgan fingerprint density at radius 2 is 2.15 bits per heavy atom. The zero-order valence-corrected chi connectivity index (χ0v) is 14.1. The molecule has 1 heterocycles. The van der Waals surface area contributed by atoms with Crippen LogP contribution in [0.15, 0.2) is 16.6 Å². The van der Waals surface area contributed by atoms with Gasteiger partial charge in [0.05, 0.1) is 13.2 Å². The molecule has 3 nitrogen and oxygen atoms in total. The lowest BCUT2D eigenvalue weighted by Crippen LogP contribution is -2.30. The summed E-state index contributed by atoms with van der Waals surface area (Å²) in [7, 11) is 1.68. The molecule has 1 aromatic carbocycles. The van der Waals surface area contributed by atoms with Gasteiger partial charge in [-0.25, -0.2) is 0 Å². The number of hydrogen-bond acceptors (Lipinski definition) is 3. The van der Waals surface area contributed by atoms with E-state index in [1.54, 1.807) is 7.11 Å². The second kappa shape index (κ2) is 7.32. The summed E-state index contributed by atoms with van der Waals surface area (Å²) in [6, 6.07) is 4.14. The van der Waals surface area contributed by atoms with Crippen LogP contribution in [0.4, 0.5) is 0 Å². The van der Waals surface area contributed by atoms with Crippen molar-refractivity contribution in [2.75, 3.05) is 20.2 Å². The molecular weight excluding hydrogens is 318 g/mol. The highest BCUT2D eigenvalue weighted by Crippen LogP contribution is 2.35. The monoisotopic (exact) mass is 341 g/mol. The van der Waals surface area contributed by atoms with Crippen molar-refractivity contribution in [1.29, 1.82) is 0 Å². The van der Waals surface area contributed by atoms with Gasteiger partial charge in [0.25, 0.3) is 0 Å². The molecule has 1 aromatic rings. The molecule has 0 amide bonds. The predicted octanol–water partition coefficient (Wildman–Crippen LogP) is 3.79. The van der Waals surface area contributed by atoms with Gasteiger partial charge in [0.1, 0.15) is 0 Å². The third-order valence-corrected chi connectivity index (χ3v) is 4.34. The van der Waals surface area contributed by atoms with E-state index in [9.17, 15) is 0 Å². The summed E-state index contributed by atoms with van der Waals surface area (Å²) in [5.74, 6) is 2.33. The normalized spacial score (nSPS) is 19.1. The van der Waals surface area contributed by atoms with Crippen LogP contribution in [0.3, 0.4) is 0 Å². The highest BCUT2D eigenvalue weighted by Gasteiger charge is 2.17. The van der Waals surface area contributed by atoms with Gasteiger partial charge in [0, 0.05) is 4.47 Å². The van der Waals surface area contributed by atoms with Crippen molar-refractivity contribution in [2.24, 2.45) is 5.92 Å². The molecule has 0 radical (unpaired) electrons. The molecule has 0 bridgehead atoms. The highest BCUT2D eigenvalue weighted by molar-refractivity contribution is 9.10. The maximum absolute atomic E-state index is 5.86. The highest BCUT2D eigenvalue weighted by atomic mass is 79.9. The number of halogens is 1. The summed E-state index contributed by atoms with van der Waals surface area (Å²) in [5.41, 5.74) is 1.30. The Kier molecular flexibility index (Phi) is 5.73. The molecule has 1 unspecified atom stereocenters. The van der Waals surface area contributed by atoms with Crippen molar-refractivity contribution in [1.82, 2.24) is 5.32 Å². The van der Waals surface area contributed by atoms with E-state index in [2.05, 4.69) is 27.3 Å². The van der Waals surface area contributed by atoms with Crippen LogP contribution in [0, 0.1) is 5.92 Å². The van der Waals surface area contributed by atoms with Gasteiger partial charge in [-0.3, -0.25) is 0 Å². The van der Waals surface area contributed by atoms with Gasteiger partial charge in [0.2, 0.25) is 0 Å².